The van der Waals surface area contributed by atoms with Crippen molar-refractivity contribution in [3.05, 3.63) is 42.2 Å². The number of carbonyl (C=O) groups is 2. The van der Waals surface area contributed by atoms with E-state index in [2.05, 4.69) is 25.9 Å². The van der Waals surface area contributed by atoms with E-state index in [9.17, 15) is 9.59 Å². The van der Waals surface area contributed by atoms with Crippen LogP contribution in [-0.2, 0) is 14.3 Å². The molecule has 0 amide bonds. The van der Waals surface area contributed by atoms with Crippen LogP contribution in [-0.4, -0.2) is 41.5 Å². The number of hydrogen-bond acceptors (Lipinski definition) is 6. The predicted molar refractivity (Wildman–Crippen MR) is 112 cm³/mol. The molecule has 3 rings (SSSR count). The van der Waals surface area contributed by atoms with Crippen molar-refractivity contribution in [3.8, 4) is 11.4 Å². The molecule has 2 aromatic rings. The summed E-state index contributed by atoms with van der Waals surface area (Å²) >= 11 is 0. The van der Waals surface area contributed by atoms with E-state index in [-0.39, 0.29) is 17.5 Å². The zero-order valence-corrected chi connectivity index (χ0v) is 18.0. The average molecular weight is 415 g/mol. The second-order valence-electron chi connectivity index (χ2n) is 8.26. The van der Waals surface area contributed by atoms with Gasteiger partial charge >= 0.3 is 11.9 Å². The molecule has 0 bridgehead atoms. The lowest BCUT2D eigenvalue weighted by atomic mass is 9.75. The van der Waals surface area contributed by atoms with E-state index in [1.165, 1.54) is 11.8 Å². The summed E-state index contributed by atoms with van der Waals surface area (Å²) in [4.78, 5) is 24.9. The highest BCUT2D eigenvalue weighted by Crippen LogP contribution is 2.35. The molecule has 0 N–H and O–H groups in total. The van der Waals surface area contributed by atoms with E-state index in [0.29, 0.717) is 17.8 Å². The number of para-hydroxylation sites is 1. The third-order valence-electron chi connectivity index (χ3n) is 5.68. The Kier molecular flexibility index (Phi) is 7.13. The van der Waals surface area contributed by atoms with E-state index in [1.807, 2.05) is 30.3 Å². The van der Waals surface area contributed by atoms with Crippen LogP contribution < -0.4 is 4.74 Å². The van der Waals surface area contributed by atoms with Gasteiger partial charge < -0.3 is 14.2 Å². The lowest BCUT2D eigenvalue weighted by Gasteiger charge is -2.36. The quantitative estimate of drug-likeness (QED) is 0.636. The molecule has 0 saturated heterocycles. The van der Waals surface area contributed by atoms with Crippen LogP contribution in [0.15, 0.2) is 36.5 Å². The minimum atomic E-state index is -0.726. The summed E-state index contributed by atoms with van der Waals surface area (Å²) in [5.74, 6) is 0.307. The van der Waals surface area contributed by atoms with Gasteiger partial charge in [-0.3, -0.25) is 0 Å². The van der Waals surface area contributed by atoms with Gasteiger partial charge in [0, 0.05) is 0 Å². The highest BCUT2D eigenvalue weighted by Gasteiger charge is 2.33. The minimum Gasteiger partial charge on any atom is -0.493 e. The number of hydrogen-bond donors (Lipinski definition) is 0. The molecule has 1 fully saturated rings. The van der Waals surface area contributed by atoms with Gasteiger partial charge in [-0.2, -0.15) is 5.10 Å². The van der Waals surface area contributed by atoms with Crippen LogP contribution in [0, 0.1) is 17.8 Å². The minimum absolute atomic E-state index is 0.0144. The van der Waals surface area contributed by atoms with Crippen molar-refractivity contribution in [1.82, 2.24) is 9.78 Å². The van der Waals surface area contributed by atoms with Crippen molar-refractivity contribution in [2.45, 2.75) is 46.1 Å². The largest absolute Gasteiger partial charge is 0.493 e. The standard InChI is InChI=1S/C23H30N2O5/c1-15(2)18-11-10-16(3)12-19(18)30-21(26)14-29-23(27)22-20(28-4)13-25(24-22)17-8-6-5-7-9-17/h5-9,13,15-16,18-19H,10-12,14H2,1-4H3. The molecule has 30 heavy (non-hydrogen) atoms. The molecule has 0 spiro atoms. The second-order valence-corrected chi connectivity index (χ2v) is 8.26. The molecule has 1 aromatic heterocycles. The third kappa shape index (κ3) is 5.20. The summed E-state index contributed by atoms with van der Waals surface area (Å²) in [5.41, 5.74) is 0.793. The molecular weight excluding hydrogens is 384 g/mol. The van der Waals surface area contributed by atoms with Crippen LogP contribution in [0.4, 0.5) is 0 Å². The Morgan fingerprint density at radius 3 is 2.60 bits per heavy atom. The number of esters is 2. The molecule has 0 aliphatic heterocycles. The monoisotopic (exact) mass is 414 g/mol. The summed E-state index contributed by atoms with van der Waals surface area (Å²) < 4.78 is 17.6. The molecule has 7 nitrogen and oxygen atoms in total. The smallest absolute Gasteiger partial charge is 0.363 e. The summed E-state index contributed by atoms with van der Waals surface area (Å²) in [6.07, 6.45) is 4.51. The SMILES string of the molecule is COc1cn(-c2ccccc2)nc1C(=O)OCC(=O)OC1CC(C)CCC1C(C)C. The summed E-state index contributed by atoms with van der Waals surface area (Å²) in [6, 6.07) is 9.34. The van der Waals surface area contributed by atoms with Crippen LogP contribution in [0.2, 0.25) is 0 Å². The van der Waals surface area contributed by atoms with Crippen LogP contribution >= 0.6 is 0 Å². The normalized spacial score (nSPS) is 21.3. The first kappa shape index (κ1) is 21.9. The fraction of sp³-hybridized carbons (Fsp3) is 0.522. The molecule has 162 valence electrons. The summed E-state index contributed by atoms with van der Waals surface area (Å²) in [5, 5.41) is 4.26. The number of carbonyl (C=O) groups excluding carboxylic acids is 2. The molecule has 3 atom stereocenters. The average Bonchev–Trinajstić information content (AvgIpc) is 3.17. The van der Waals surface area contributed by atoms with Crippen LogP contribution in [0.3, 0.4) is 0 Å². The number of ether oxygens (including phenoxy) is 3. The van der Waals surface area contributed by atoms with Gasteiger partial charge in [-0.05, 0) is 42.7 Å². The lowest BCUT2D eigenvalue weighted by molar-refractivity contribution is -0.159. The fourth-order valence-electron chi connectivity index (χ4n) is 4.01. The van der Waals surface area contributed by atoms with Gasteiger partial charge in [0.2, 0.25) is 5.69 Å². The van der Waals surface area contributed by atoms with Crippen molar-refractivity contribution in [3.63, 3.8) is 0 Å². The van der Waals surface area contributed by atoms with Crippen molar-refractivity contribution < 1.29 is 23.8 Å². The zero-order valence-electron chi connectivity index (χ0n) is 18.0. The predicted octanol–water partition coefficient (Wildman–Crippen LogP) is 4.04. The van der Waals surface area contributed by atoms with E-state index in [1.54, 1.807) is 6.20 Å². The molecule has 0 radical (unpaired) electrons. The van der Waals surface area contributed by atoms with Crippen molar-refractivity contribution in [2.75, 3.05) is 13.7 Å². The Labute approximate surface area is 177 Å². The van der Waals surface area contributed by atoms with Gasteiger partial charge in [0.1, 0.15) is 6.10 Å². The van der Waals surface area contributed by atoms with Crippen molar-refractivity contribution in [2.24, 2.45) is 17.8 Å². The van der Waals surface area contributed by atoms with Gasteiger partial charge in [0.25, 0.3) is 0 Å². The van der Waals surface area contributed by atoms with E-state index in [4.69, 9.17) is 14.2 Å². The van der Waals surface area contributed by atoms with Gasteiger partial charge in [-0.25, -0.2) is 14.3 Å². The molecule has 1 aromatic carbocycles. The molecule has 7 heteroatoms. The van der Waals surface area contributed by atoms with Gasteiger partial charge in [-0.15, -0.1) is 0 Å². The molecule has 1 aliphatic rings. The van der Waals surface area contributed by atoms with E-state index >= 15 is 0 Å². The summed E-state index contributed by atoms with van der Waals surface area (Å²) in [6.45, 7) is 6.02. The maximum atomic E-state index is 12.5. The molecular formula is C23H30N2O5. The number of aromatic nitrogens is 2. The van der Waals surface area contributed by atoms with Crippen LogP contribution in [0.5, 0.6) is 5.75 Å². The first-order chi connectivity index (χ1) is 14.4. The number of nitrogens with zero attached hydrogens (tertiary/aromatic N) is 2. The third-order valence-corrected chi connectivity index (χ3v) is 5.68. The summed E-state index contributed by atoms with van der Waals surface area (Å²) in [7, 11) is 1.45. The topological polar surface area (TPSA) is 79.7 Å². The van der Waals surface area contributed by atoms with Crippen molar-refractivity contribution >= 4 is 11.9 Å². The van der Waals surface area contributed by atoms with E-state index < -0.39 is 18.5 Å². The Balaban J connectivity index is 1.61. The Morgan fingerprint density at radius 1 is 1.20 bits per heavy atom. The zero-order chi connectivity index (χ0) is 21.7. The van der Waals surface area contributed by atoms with E-state index in [0.717, 1.165) is 24.9 Å². The maximum absolute atomic E-state index is 12.5. The highest BCUT2D eigenvalue weighted by atomic mass is 16.6. The van der Waals surface area contributed by atoms with Crippen molar-refractivity contribution in [1.29, 1.82) is 0 Å². The van der Waals surface area contributed by atoms with Gasteiger partial charge in [0.15, 0.2) is 12.4 Å². The van der Waals surface area contributed by atoms with Crippen LogP contribution in [0.1, 0.15) is 50.5 Å². The first-order valence-electron chi connectivity index (χ1n) is 10.4. The molecule has 1 heterocycles. The first-order valence-corrected chi connectivity index (χ1v) is 10.4. The fourth-order valence-corrected chi connectivity index (χ4v) is 4.01. The second kappa shape index (κ2) is 9.78. The molecule has 1 aliphatic carbocycles. The highest BCUT2D eigenvalue weighted by molar-refractivity contribution is 5.91. The van der Waals surface area contributed by atoms with Crippen LogP contribution in [0.25, 0.3) is 5.69 Å². The molecule has 1 saturated carbocycles. The Bertz CT molecular complexity index is 862. The number of benzene rings is 1. The lowest BCUT2D eigenvalue weighted by Crippen LogP contribution is -2.36. The maximum Gasteiger partial charge on any atom is 0.363 e. The number of rotatable bonds is 7. The Hall–Kier alpha value is -2.83. The van der Waals surface area contributed by atoms with Gasteiger partial charge in [-0.1, -0.05) is 45.4 Å². The molecule has 3 unspecified atom stereocenters. The Morgan fingerprint density at radius 2 is 1.93 bits per heavy atom. The number of methoxy groups -OCH3 is 1. The van der Waals surface area contributed by atoms with Gasteiger partial charge in [0.05, 0.1) is 19.0 Å².